The number of methoxy groups -OCH3 is 1. The van der Waals surface area contributed by atoms with E-state index >= 15 is 0 Å². The van der Waals surface area contributed by atoms with Crippen molar-refractivity contribution in [2.75, 3.05) is 7.11 Å². The molecule has 0 atom stereocenters. The van der Waals surface area contributed by atoms with Gasteiger partial charge >= 0.3 is 6.36 Å². The molecule has 0 aliphatic heterocycles. The van der Waals surface area contributed by atoms with Crippen molar-refractivity contribution in [3.63, 3.8) is 0 Å². The minimum Gasteiger partial charge on any atom is -0.351 e. The van der Waals surface area contributed by atoms with Gasteiger partial charge in [-0.05, 0) is 12.8 Å². The maximum absolute atomic E-state index is 11.6. The first-order chi connectivity index (χ1) is 5.97. The third kappa shape index (κ3) is 3.13. The Morgan fingerprint density at radius 2 is 1.69 bits per heavy atom. The van der Waals surface area contributed by atoms with Gasteiger partial charge in [-0.3, -0.25) is 0 Å². The van der Waals surface area contributed by atoms with Gasteiger partial charge in [-0.1, -0.05) is 0 Å². The van der Waals surface area contributed by atoms with E-state index in [1.165, 1.54) is 7.11 Å². The minimum absolute atomic E-state index is 0.430. The number of ether oxygens (including phenoxy) is 1. The lowest BCUT2D eigenvalue weighted by atomic mass is 10.2. The molecular formula is C7H11F3O3. The lowest BCUT2D eigenvalue weighted by Crippen LogP contribution is -2.34. The predicted molar refractivity (Wildman–Crippen MR) is 36.4 cm³/mol. The largest absolute Gasteiger partial charge is 0.549 e. The van der Waals surface area contributed by atoms with E-state index in [9.17, 15) is 13.2 Å². The van der Waals surface area contributed by atoms with E-state index in [4.69, 9.17) is 4.74 Å². The van der Waals surface area contributed by atoms with Crippen molar-refractivity contribution in [1.82, 2.24) is 0 Å². The van der Waals surface area contributed by atoms with E-state index in [1.807, 2.05) is 0 Å². The smallest absolute Gasteiger partial charge is 0.351 e. The van der Waals surface area contributed by atoms with Crippen LogP contribution in [0.2, 0.25) is 0 Å². The summed E-state index contributed by atoms with van der Waals surface area (Å²) < 4.78 is 39.7. The molecule has 1 aliphatic rings. The zero-order chi connectivity index (χ0) is 9.95. The van der Waals surface area contributed by atoms with E-state index < -0.39 is 12.1 Å². The van der Waals surface area contributed by atoms with Crippen molar-refractivity contribution in [1.29, 1.82) is 0 Å². The second-order valence-corrected chi connectivity index (χ2v) is 2.93. The third-order valence-electron chi connectivity index (χ3n) is 2.03. The van der Waals surface area contributed by atoms with Gasteiger partial charge in [0.15, 0.2) is 0 Å². The molecule has 0 N–H and O–H groups in total. The fraction of sp³-hybridized carbons (Fsp3) is 1.00. The summed E-state index contributed by atoms with van der Waals surface area (Å²) in [5, 5.41) is 0. The zero-order valence-corrected chi connectivity index (χ0v) is 7.19. The Balaban J connectivity index is 2.40. The summed E-state index contributed by atoms with van der Waals surface area (Å²) in [7, 11) is 1.31. The zero-order valence-electron chi connectivity index (χ0n) is 7.19. The monoisotopic (exact) mass is 200 g/mol. The number of alkyl halides is 3. The minimum atomic E-state index is -4.77. The first-order valence-corrected chi connectivity index (χ1v) is 3.96. The molecule has 3 nitrogen and oxygen atoms in total. The highest BCUT2D eigenvalue weighted by molar-refractivity contribution is 4.75. The van der Waals surface area contributed by atoms with Crippen molar-refractivity contribution in [2.45, 2.75) is 37.8 Å². The molecule has 0 spiro atoms. The molecule has 0 aromatic heterocycles. The van der Waals surface area contributed by atoms with Gasteiger partial charge in [-0.25, -0.2) is 0 Å². The molecule has 6 heteroatoms. The van der Waals surface area contributed by atoms with Crippen molar-refractivity contribution in [2.24, 2.45) is 0 Å². The van der Waals surface area contributed by atoms with Crippen LogP contribution in [0.3, 0.4) is 0 Å². The van der Waals surface area contributed by atoms with Gasteiger partial charge in [0, 0.05) is 20.0 Å². The summed E-state index contributed by atoms with van der Waals surface area (Å²) in [5.74, 6) is -1.20. The van der Waals surface area contributed by atoms with Gasteiger partial charge in [0.1, 0.15) is 0 Å². The number of hydrogen-bond acceptors (Lipinski definition) is 3. The molecule has 0 aromatic rings. The molecule has 0 bridgehead atoms. The summed E-state index contributed by atoms with van der Waals surface area (Å²) in [6.45, 7) is 0. The van der Waals surface area contributed by atoms with E-state index in [0.717, 1.165) is 12.8 Å². The topological polar surface area (TPSA) is 27.7 Å². The number of hydrogen-bond donors (Lipinski definition) is 0. The second kappa shape index (κ2) is 3.81. The molecule has 78 valence electrons. The lowest BCUT2D eigenvalue weighted by molar-refractivity contribution is -0.539. The fourth-order valence-electron chi connectivity index (χ4n) is 1.36. The van der Waals surface area contributed by atoms with Gasteiger partial charge in [-0.2, -0.15) is 4.89 Å². The Labute approximate surface area is 73.7 Å². The van der Waals surface area contributed by atoms with Gasteiger partial charge in [0.25, 0.3) is 0 Å². The number of rotatable bonds is 3. The molecule has 0 aromatic carbocycles. The molecule has 1 aliphatic carbocycles. The first-order valence-electron chi connectivity index (χ1n) is 3.96. The average molecular weight is 200 g/mol. The predicted octanol–water partition coefficient (Wildman–Crippen LogP) is 2.37. The Morgan fingerprint density at radius 3 is 2.08 bits per heavy atom. The highest BCUT2D eigenvalue weighted by atomic mass is 19.4. The van der Waals surface area contributed by atoms with Gasteiger partial charge in [0.2, 0.25) is 5.79 Å². The molecule has 0 radical (unpaired) electrons. The van der Waals surface area contributed by atoms with Crippen LogP contribution in [-0.2, 0) is 14.5 Å². The molecule has 1 rings (SSSR count). The van der Waals surface area contributed by atoms with Crippen LogP contribution < -0.4 is 0 Å². The Hall–Kier alpha value is -0.330. The lowest BCUT2D eigenvalue weighted by Gasteiger charge is -2.25. The standard InChI is InChI=1S/C7H11F3O3/c1-11-6(4-2-3-5-6)12-13-7(8,9)10/h2-5H2,1H3. The molecule has 0 heterocycles. The third-order valence-corrected chi connectivity index (χ3v) is 2.03. The molecular weight excluding hydrogens is 189 g/mol. The average Bonchev–Trinajstić information content (AvgIpc) is 2.49. The quantitative estimate of drug-likeness (QED) is 0.397. The first kappa shape index (κ1) is 10.7. The van der Waals surface area contributed by atoms with Gasteiger partial charge in [-0.15, -0.1) is 18.1 Å². The van der Waals surface area contributed by atoms with E-state index in [-0.39, 0.29) is 0 Å². The Kier molecular flexibility index (Phi) is 3.15. The van der Waals surface area contributed by atoms with Crippen molar-refractivity contribution >= 4 is 0 Å². The Bertz CT molecular complexity index is 163. The summed E-state index contributed by atoms with van der Waals surface area (Å²) in [5.41, 5.74) is 0. The molecule has 1 fully saturated rings. The fourth-order valence-corrected chi connectivity index (χ4v) is 1.36. The van der Waals surface area contributed by atoms with E-state index in [2.05, 4.69) is 9.78 Å². The van der Waals surface area contributed by atoms with Crippen LogP contribution in [0.4, 0.5) is 13.2 Å². The van der Waals surface area contributed by atoms with Crippen LogP contribution in [0.5, 0.6) is 0 Å². The van der Waals surface area contributed by atoms with E-state index in [0.29, 0.717) is 12.8 Å². The molecule has 1 saturated carbocycles. The van der Waals surface area contributed by atoms with Crippen LogP contribution in [0.25, 0.3) is 0 Å². The summed E-state index contributed by atoms with van der Waals surface area (Å²) >= 11 is 0. The summed E-state index contributed by atoms with van der Waals surface area (Å²) in [4.78, 5) is 7.54. The van der Waals surface area contributed by atoms with Crippen LogP contribution in [0.1, 0.15) is 25.7 Å². The normalized spacial score (nSPS) is 22.2. The van der Waals surface area contributed by atoms with Crippen molar-refractivity contribution in [3.8, 4) is 0 Å². The molecule has 0 unspecified atom stereocenters. The van der Waals surface area contributed by atoms with Crippen LogP contribution >= 0.6 is 0 Å². The van der Waals surface area contributed by atoms with Crippen LogP contribution in [0, 0.1) is 0 Å². The highest BCUT2D eigenvalue weighted by Crippen LogP contribution is 2.35. The Morgan fingerprint density at radius 1 is 1.15 bits per heavy atom. The highest BCUT2D eigenvalue weighted by Gasteiger charge is 2.41. The summed E-state index contributed by atoms with van der Waals surface area (Å²) in [6.07, 6.45) is -2.34. The van der Waals surface area contributed by atoms with Gasteiger partial charge < -0.3 is 4.74 Å². The maximum atomic E-state index is 11.6. The SMILES string of the molecule is COC1(OOC(F)(F)F)CCCC1. The van der Waals surface area contributed by atoms with E-state index in [1.54, 1.807) is 0 Å². The van der Waals surface area contributed by atoms with Gasteiger partial charge in [0.05, 0.1) is 0 Å². The molecule has 0 amide bonds. The van der Waals surface area contributed by atoms with Crippen LogP contribution in [-0.4, -0.2) is 19.3 Å². The maximum Gasteiger partial charge on any atom is 0.549 e. The van der Waals surface area contributed by atoms with Crippen LogP contribution in [0.15, 0.2) is 0 Å². The molecule has 13 heavy (non-hydrogen) atoms. The van der Waals surface area contributed by atoms with Crippen molar-refractivity contribution in [3.05, 3.63) is 0 Å². The molecule has 0 saturated heterocycles. The second-order valence-electron chi connectivity index (χ2n) is 2.93. The van der Waals surface area contributed by atoms with Crippen molar-refractivity contribution < 1.29 is 27.7 Å². The summed E-state index contributed by atoms with van der Waals surface area (Å²) in [6, 6.07) is 0. The number of halogens is 3.